The van der Waals surface area contributed by atoms with Gasteiger partial charge in [0.2, 0.25) is 11.9 Å². The Labute approximate surface area is 155 Å². The van der Waals surface area contributed by atoms with Gasteiger partial charge in [-0.15, -0.1) is 0 Å². The Morgan fingerprint density at radius 3 is 2.41 bits per heavy atom. The Hall–Kier alpha value is -3.67. The summed E-state index contributed by atoms with van der Waals surface area (Å²) in [7, 11) is 0. The quantitative estimate of drug-likeness (QED) is 0.528. The van der Waals surface area contributed by atoms with Gasteiger partial charge in [-0.05, 0) is 31.2 Å². The van der Waals surface area contributed by atoms with Crippen LogP contribution in [-0.2, 0) is 9.53 Å². The molecule has 6 heteroatoms. The van der Waals surface area contributed by atoms with Gasteiger partial charge in [0.15, 0.2) is 5.78 Å². The number of esters is 1. The Morgan fingerprint density at radius 1 is 0.963 bits per heavy atom. The van der Waals surface area contributed by atoms with Crippen LogP contribution in [0.2, 0.25) is 0 Å². The minimum atomic E-state index is -1.18. The van der Waals surface area contributed by atoms with Crippen LogP contribution in [0.15, 0.2) is 77.4 Å². The first-order chi connectivity index (χ1) is 13.0. The first kappa shape index (κ1) is 18.1. The molecule has 1 unspecified atom stereocenters. The van der Waals surface area contributed by atoms with Crippen LogP contribution in [0.4, 0.5) is 5.69 Å². The smallest absolute Gasteiger partial charge is 0.375 e. The van der Waals surface area contributed by atoms with Crippen molar-refractivity contribution < 1.29 is 23.5 Å². The predicted octanol–water partition coefficient (Wildman–Crippen LogP) is 4.02. The van der Waals surface area contributed by atoms with Gasteiger partial charge in [0, 0.05) is 16.8 Å². The number of hydrogen-bond donors (Lipinski definition) is 1. The Balaban J connectivity index is 1.84. The summed E-state index contributed by atoms with van der Waals surface area (Å²) < 4.78 is 10.4. The van der Waals surface area contributed by atoms with Crippen molar-refractivity contribution in [1.29, 1.82) is 0 Å². The maximum Gasteiger partial charge on any atom is 0.375 e. The van der Waals surface area contributed by atoms with Gasteiger partial charge in [-0.3, -0.25) is 9.59 Å². The number of furan rings is 1. The van der Waals surface area contributed by atoms with E-state index in [1.54, 1.807) is 60.7 Å². The van der Waals surface area contributed by atoms with E-state index < -0.39 is 18.0 Å². The Morgan fingerprint density at radius 2 is 1.74 bits per heavy atom. The van der Waals surface area contributed by atoms with Crippen molar-refractivity contribution in [3.8, 4) is 0 Å². The van der Waals surface area contributed by atoms with Crippen LogP contribution in [0, 0.1) is 0 Å². The molecule has 0 spiro atoms. The molecule has 0 fully saturated rings. The second-order valence-corrected chi connectivity index (χ2v) is 5.80. The lowest BCUT2D eigenvalue weighted by Crippen LogP contribution is -2.26. The molecular formula is C21H17NO5. The van der Waals surface area contributed by atoms with Gasteiger partial charge in [-0.2, -0.15) is 0 Å². The minimum absolute atomic E-state index is 0.00214. The summed E-state index contributed by atoms with van der Waals surface area (Å²) in [5.41, 5.74) is 1.41. The topological polar surface area (TPSA) is 85.6 Å². The molecule has 1 amide bonds. The fraction of sp³-hybridized carbons (Fsp3) is 0.0952. The average Bonchev–Trinajstić information content (AvgIpc) is 3.21. The molecule has 0 aliphatic carbocycles. The summed E-state index contributed by atoms with van der Waals surface area (Å²) in [6.45, 7) is 1.44. The van der Waals surface area contributed by atoms with Crippen LogP contribution >= 0.6 is 0 Å². The van der Waals surface area contributed by atoms with Crippen molar-refractivity contribution in [3.63, 3.8) is 0 Å². The van der Waals surface area contributed by atoms with E-state index in [-0.39, 0.29) is 11.5 Å². The molecule has 136 valence electrons. The molecule has 1 atom stereocenters. The molecule has 0 aliphatic rings. The fourth-order valence-electron chi connectivity index (χ4n) is 2.48. The van der Waals surface area contributed by atoms with Crippen LogP contribution in [0.5, 0.6) is 0 Å². The number of ether oxygens (including phenoxy) is 1. The van der Waals surface area contributed by atoms with Crippen molar-refractivity contribution in [2.75, 3.05) is 5.32 Å². The third-order valence-corrected chi connectivity index (χ3v) is 3.82. The third-order valence-electron chi connectivity index (χ3n) is 3.82. The number of ketones is 1. The van der Waals surface area contributed by atoms with E-state index in [1.807, 2.05) is 0 Å². The number of amides is 1. The van der Waals surface area contributed by atoms with Gasteiger partial charge in [0.05, 0.1) is 6.26 Å². The van der Waals surface area contributed by atoms with Crippen molar-refractivity contribution in [3.05, 3.63) is 89.9 Å². The zero-order chi connectivity index (χ0) is 19.2. The summed E-state index contributed by atoms with van der Waals surface area (Å²) in [6.07, 6.45) is 0.173. The van der Waals surface area contributed by atoms with Gasteiger partial charge < -0.3 is 14.5 Å². The number of nitrogens with one attached hydrogen (secondary N) is 1. The zero-order valence-corrected chi connectivity index (χ0v) is 14.5. The number of benzene rings is 2. The summed E-state index contributed by atoms with van der Waals surface area (Å²) >= 11 is 0. The summed E-state index contributed by atoms with van der Waals surface area (Å²) in [5, 5.41) is 2.69. The second kappa shape index (κ2) is 8.14. The number of hydrogen-bond acceptors (Lipinski definition) is 5. The largest absolute Gasteiger partial charge is 0.457 e. The summed E-state index contributed by atoms with van der Waals surface area (Å²) in [4.78, 5) is 36.6. The summed E-state index contributed by atoms with van der Waals surface area (Å²) in [6, 6.07) is 18.2. The predicted molar refractivity (Wildman–Crippen MR) is 98.4 cm³/mol. The number of rotatable bonds is 6. The molecule has 6 nitrogen and oxygen atoms in total. The van der Waals surface area contributed by atoms with E-state index in [0.29, 0.717) is 16.8 Å². The molecule has 0 aliphatic heterocycles. The van der Waals surface area contributed by atoms with E-state index in [0.717, 1.165) is 0 Å². The van der Waals surface area contributed by atoms with Gasteiger partial charge >= 0.3 is 5.97 Å². The number of carbonyl (C=O) groups excluding carboxylic acids is 3. The number of anilines is 1. The monoisotopic (exact) mass is 363 g/mol. The van der Waals surface area contributed by atoms with E-state index in [1.165, 1.54) is 19.3 Å². The lowest BCUT2D eigenvalue weighted by Gasteiger charge is -2.17. The molecule has 3 rings (SSSR count). The normalized spacial score (nSPS) is 11.4. The van der Waals surface area contributed by atoms with E-state index in [9.17, 15) is 14.4 Å². The molecule has 0 saturated heterocycles. The molecule has 1 heterocycles. The number of Topliss-reactive ketones (excluding diaryl/α,β-unsaturated/α-hetero) is 1. The molecule has 0 radical (unpaired) electrons. The molecule has 3 aromatic rings. The van der Waals surface area contributed by atoms with Crippen LogP contribution in [0.1, 0.15) is 39.5 Å². The lowest BCUT2D eigenvalue weighted by atomic mass is 10.1. The van der Waals surface area contributed by atoms with Gasteiger partial charge in [-0.25, -0.2) is 4.79 Å². The maximum atomic E-state index is 12.8. The molecule has 0 saturated carbocycles. The first-order valence-corrected chi connectivity index (χ1v) is 8.26. The van der Waals surface area contributed by atoms with Crippen molar-refractivity contribution in [1.82, 2.24) is 0 Å². The second-order valence-electron chi connectivity index (χ2n) is 5.80. The minimum Gasteiger partial charge on any atom is -0.457 e. The van der Waals surface area contributed by atoms with E-state index in [4.69, 9.17) is 9.15 Å². The van der Waals surface area contributed by atoms with Crippen LogP contribution < -0.4 is 5.32 Å². The average molecular weight is 363 g/mol. The molecule has 27 heavy (non-hydrogen) atoms. The van der Waals surface area contributed by atoms with Gasteiger partial charge in [0.1, 0.15) is 0 Å². The fourth-order valence-corrected chi connectivity index (χ4v) is 2.48. The molecule has 1 aromatic heterocycles. The third kappa shape index (κ3) is 4.49. The zero-order valence-electron chi connectivity index (χ0n) is 14.5. The molecule has 1 N–H and O–H groups in total. The highest BCUT2D eigenvalue weighted by molar-refractivity contribution is 5.99. The highest BCUT2D eigenvalue weighted by atomic mass is 16.6. The summed E-state index contributed by atoms with van der Waals surface area (Å²) in [5.74, 6) is -1.40. The van der Waals surface area contributed by atoms with Gasteiger partial charge in [0.25, 0.3) is 5.91 Å². The van der Waals surface area contributed by atoms with Crippen LogP contribution in [-0.4, -0.2) is 17.7 Å². The van der Waals surface area contributed by atoms with Gasteiger partial charge in [-0.1, -0.05) is 42.5 Å². The van der Waals surface area contributed by atoms with Crippen molar-refractivity contribution >= 4 is 23.3 Å². The molecule has 2 aromatic carbocycles. The van der Waals surface area contributed by atoms with Crippen molar-refractivity contribution in [2.45, 2.75) is 13.0 Å². The van der Waals surface area contributed by atoms with Crippen molar-refractivity contribution in [2.24, 2.45) is 0 Å². The van der Waals surface area contributed by atoms with Crippen LogP contribution in [0.3, 0.4) is 0 Å². The Kier molecular flexibility index (Phi) is 5.47. The standard InChI is InChI=1S/C21H17NO5/c1-14(23)16-9-5-10-17(13-16)22-20(24)19(15-7-3-2-4-8-15)27-21(25)18-11-6-12-26-18/h2-13,19H,1H3,(H,22,24). The maximum absolute atomic E-state index is 12.8. The lowest BCUT2D eigenvalue weighted by molar-refractivity contribution is -0.125. The number of carbonyl (C=O) groups is 3. The Bertz CT molecular complexity index is 948. The first-order valence-electron chi connectivity index (χ1n) is 8.26. The van der Waals surface area contributed by atoms with E-state index in [2.05, 4.69) is 5.32 Å². The van der Waals surface area contributed by atoms with E-state index >= 15 is 0 Å². The highest BCUT2D eigenvalue weighted by Gasteiger charge is 2.26. The molecular weight excluding hydrogens is 346 g/mol. The SMILES string of the molecule is CC(=O)c1cccc(NC(=O)C(OC(=O)c2ccco2)c2ccccc2)c1. The van der Waals surface area contributed by atoms with Crippen LogP contribution in [0.25, 0.3) is 0 Å². The highest BCUT2D eigenvalue weighted by Crippen LogP contribution is 2.22. The molecule has 0 bridgehead atoms.